The topological polar surface area (TPSA) is 73.9 Å². The number of nitrogens with one attached hydrogen (secondary N) is 2. The van der Waals surface area contributed by atoms with Crippen LogP contribution >= 0.6 is 11.6 Å². The minimum Gasteiger partial charge on any atom is -0.337 e. The maximum Gasteiger partial charge on any atom is 0.321 e. The molecule has 3 heterocycles. The van der Waals surface area contributed by atoms with Gasteiger partial charge in [0.2, 0.25) is 0 Å². The number of likely N-dealkylation sites (tertiary alicyclic amines) is 1. The molecule has 2 N–H and O–H groups in total. The number of hydrogen-bond acceptors (Lipinski definition) is 3. The van der Waals surface area contributed by atoms with E-state index < -0.39 is 0 Å². The van der Waals surface area contributed by atoms with Crippen molar-refractivity contribution in [3.63, 3.8) is 0 Å². The summed E-state index contributed by atoms with van der Waals surface area (Å²) in [7, 11) is 0. The molecule has 0 radical (unpaired) electrons. The molecule has 3 aromatic rings. The minimum absolute atomic E-state index is 0.0696. The number of H-pyrrole nitrogens is 1. The molecule has 0 aliphatic carbocycles. The monoisotopic (exact) mass is 369 g/mol. The van der Waals surface area contributed by atoms with Crippen molar-refractivity contribution in [3.05, 3.63) is 41.0 Å². The van der Waals surface area contributed by atoms with Gasteiger partial charge >= 0.3 is 6.03 Å². The molecule has 1 aliphatic rings. The first-order valence-electron chi connectivity index (χ1n) is 8.78. The van der Waals surface area contributed by atoms with Crippen LogP contribution in [0.5, 0.6) is 0 Å². The highest BCUT2D eigenvalue weighted by atomic mass is 35.5. The Morgan fingerprint density at radius 1 is 1.23 bits per heavy atom. The van der Waals surface area contributed by atoms with Gasteiger partial charge in [0.25, 0.3) is 0 Å². The van der Waals surface area contributed by atoms with Gasteiger partial charge in [-0.15, -0.1) is 0 Å². The molecule has 0 atom stereocenters. The SMILES string of the molecule is Cc1cnc2nc(-c3cc(NC(=O)N4CCCCC4)ccc3Cl)[nH]c2c1. The standard InChI is InChI=1S/C19H20ClN5O/c1-12-9-16-18(21-11-12)24-17(23-16)14-10-13(5-6-15(14)20)22-19(26)25-7-3-2-4-8-25/h5-6,9-11H,2-4,7-8H2,1H3,(H,22,26)(H,21,23,24). The first-order valence-corrected chi connectivity index (χ1v) is 9.16. The van der Waals surface area contributed by atoms with Gasteiger partial charge in [-0.3, -0.25) is 0 Å². The molecule has 1 aromatic carbocycles. The van der Waals surface area contributed by atoms with Crippen molar-refractivity contribution in [2.24, 2.45) is 0 Å². The molecule has 2 amide bonds. The molecule has 26 heavy (non-hydrogen) atoms. The lowest BCUT2D eigenvalue weighted by Gasteiger charge is -2.26. The van der Waals surface area contributed by atoms with E-state index in [4.69, 9.17) is 11.6 Å². The summed E-state index contributed by atoms with van der Waals surface area (Å²) >= 11 is 6.37. The Kier molecular flexibility index (Phi) is 4.51. The molecular weight excluding hydrogens is 350 g/mol. The number of aryl methyl sites for hydroxylation is 1. The van der Waals surface area contributed by atoms with E-state index in [-0.39, 0.29) is 6.03 Å². The summed E-state index contributed by atoms with van der Waals surface area (Å²) in [6, 6.07) is 7.34. The third-order valence-electron chi connectivity index (χ3n) is 4.59. The number of nitrogens with zero attached hydrogens (tertiary/aromatic N) is 3. The first kappa shape index (κ1) is 16.8. The zero-order valence-electron chi connectivity index (χ0n) is 14.6. The third-order valence-corrected chi connectivity index (χ3v) is 4.92. The van der Waals surface area contributed by atoms with Crippen molar-refractivity contribution in [1.82, 2.24) is 19.9 Å². The molecule has 1 saturated heterocycles. The number of imidazole rings is 1. The average Bonchev–Trinajstić information content (AvgIpc) is 3.07. The van der Waals surface area contributed by atoms with Gasteiger partial charge in [-0.25, -0.2) is 14.8 Å². The number of aromatic nitrogens is 3. The van der Waals surface area contributed by atoms with Crippen molar-refractivity contribution in [2.45, 2.75) is 26.2 Å². The fourth-order valence-corrected chi connectivity index (χ4v) is 3.42. The zero-order valence-corrected chi connectivity index (χ0v) is 15.3. The Bertz CT molecular complexity index is 962. The zero-order chi connectivity index (χ0) is 18.1. The van der Waals surface area contributed by atoms with Crippen LogP contribution in [0.4, 0.5) is 10.5 Å². The number of carbonyl (C=O) groups excluding carboxylic acids is 1. The highest BCUT2D eigenvalue weighted by Crippen LogP contribution is 2.30. The maximum atomic E-state index is 12.4. The van der Waals surface area contributed by atoms with E-state index in [2.05, 4.69) is 20.3 Å². The van der Waals surface area contributed by atoms with Gasteiger partial charge in [0.15, 0.2) is 5.65 Å². The Labute approximate surface area is 156 Å². The van der Waals surface area contributed by atoms with Crippen LogP contribution < -0.4 is 5.32 Å². The molecule has 6 nitrogen and oxygen atoms in total. The smallest absolute Gasteiger partial charge is 0.321 e. The number of anilines is 1. The second-order valence-corrected chi connectivity index (χ2v) is 7.05. The van der Waals surface area contributed by atoms with Crippen LogP contribution in [0.2, 0.25) is 5.02 Å². The average molecular weight is 370 g/mol. The van der Waals surface area contributed by atoms with E-state index in [0.717, 1.165) is 42.6 Å². The molecule has 7 heteroatoms. The Morgan fingerprint density at radius 3 is 2.85 bits per heavy atom. The number of pyridine rings is 1. The van der Waals surface area contributed by atoms with Crippen LogP contribution in [0.25, 0.3) is 22.6 Å². The number of rotatable bonds is 2. The number of piperidine rings is 1. The van der Waals surface area contributed by atoms with Gasteiger partial charge in [0.1, 0.15) is 5.82 Å². The summed E-state index contributed by atoms with van der Waals surface area (Å²) in [4.78, 5) is 26.4. The molecule has 134 valence electrons. The Hall–Kier alpha value is -2.60. The Morgan fingerprint density at radius 2 is 2.04 bits per heavy atom. The highest BCUT2D eigenvalue weighted by Gasteiger charge is 2.17. The quantitative estimate of drug-likeness (QED) is 0.693. The van der Waals surface area contributed by atoms with Crippen molar-refractivity contribution in [1.29, 1.82) is 0 Å². The summed E-state index contributed by atoms with van der Waals surface area (Å²) in [6.45, 7) is 3.60. The van der Waals surface area contributed by atoms with Gasteiger partial charge < -0.3 is 15.2 Å². The number of urea groups is 1. The molecule has 0 bridgehead atoms. The molecule has 2 aromatic heterocycles. The number of carbonyl (C=O) groups is 1. The van der Waals surface area contributed by atoms with Crippen LogP contribution in [0, 0.1) is 6.92 Å². The summed E-state index contributed by atoms with van der Waals surface area (Å²) in [5.41, 5.74) is 3.99. The summed E-state index contributed by atoms with van der Waals surface area (Å²) in [5, 5.41) is 3.53. The van der Waals surface area contributed by atoms with Crippen molar-refractivity contribution in [2.75, 3.05) is 18.4 Å². The second kappa shape index (κ2) is 6.96. The molecule has 0 spiro atoms. The lowest BCUT2D eigenvalue weighted by atomic mass is 10.1. The van der Waals surface area contributed by atoms with Gasteiger partial charge in [-0.2, -0.15) is 0 Å². The highest BCUT2D eigenvalue weighted by molar-refractivity contribution is 6.33. The maximum absolute atomic E-state index is 12.4. The van der Waals surface area contributed by atoms with E-state index in [0.29, 0.717) is 22.2 Å². The van der Waals surface area contributed by atoms with Crippen molar-refractivity contribution in [3.8, 4) is 11.4 Å². The predicted octanol–water partition coefficient (Wildman–Crippen LogP) is 4.60. The van der Waals surface area contributed by atoms with E-state index >= 15 is 0 Å². The second-order valence-electron chi connectivity index (χ2n) is 6.64. The van der Waals surface area contributed by atoms with Gasteiger partial charge in [0.05, 0.1) is 10.5 Å². The molecule has 0 saturated carbocycles. The minimum atomic E-state index is -0.0696. The number of halogens is 1. The van der Waals surface area contributed by atoms with Crippen molar-refractivity contribution < 1.29 is 4.79 Å². The lowest BCUT2D eigenvalue weighted by molar-refractivity contribution is 0.200. The van der Waals surface area contributed by atoms with Crippen molar-refractivity contribution >= 4 is 34.5 Å². The number of hydrogen-bond donors (Lipinski definition) is 2. The van der Waals surface area contributed by atoms with E-state index in [1.807, 2.05) is 24.0 Å². The molecule has 1 aliphatic heterocycles. The van der Waals surface area contributed by atoms with Gasteiger partial charge in [-0.05, 0) is 56.0 Å². The summed E-state index contributed by atoms with van der Waals surface area (Å²) < 4.78 is 0. The number of amides is 2. The number of aromatic amines is 1. The van der Waals surface area contributed by atoms with Crippen LogP contribution in [-0.4, -0.2) is 39.0 Å². The normalized spacial score (nSPS) is 14.6. The third kappa shape index (κ3) is 3.37. The van der Waals surface area contributed by atoms with Gasteiger partial charge in [0, 0.05) is 30.5 Å². The van der Waals surface area contributed by atoms with Crippen LogP contribution in [0.15, 0.2) is 30.5 Å². The molecule has 4 rings (SSSR count). The van der Waals surface area contributed by atoms with Gasteiger partial charge in [-0.1, -0.05) is 11.6 Å². The van der Waals surface area contributed by atoms with E-state index in [9.17, 15) is 4.79 Å². The fourth-order valence-electron chi connectivity index (χ4n) is 3.22. The lowest BCUT2D eigenvalue weighted by Crippen LogP contribution is -2.38. The largest absolute Gasteiger partial charge is 0.337 e. The van der Waals surface area contributed by atoms with Crippen LogP contribution in [0.1, 0.15) is 24.8 Å². The molecule has 0 unspecified atom stereocenters. The number of fused-ring (bicyclic) bond motifs is 1. The molecule has 1 fully saturated rings. The fraction of sp³-hybridized carbons (Fsp3) is 0.316. The summed E-state index contributed by atoms with van der Waals surface area (Å²) in [6.07, 6.45) is 5.09. The Balaban J connectivity index is 1.61. The van der Waals surface area contributed by atoms with E-state index in [1.165, 1.54) is 6.42 Å². The predicted molar refractivity (Wildman–Crippen MR) is 104 cm³/mol. The first-order chi connectivity index (χ1) is 12.6. The van der Waals surface area contributed by atoms with E-state index in [1.54, 1.807) is 18.3 Å². The van der Waals surface area contributed by atoms with Crippen LogP contribution in [-0.2, 0) is 0 Å². The number of benzene rings is 1. The van der Waals surface area contributed by atoms with Crippen LogP contribution in [0.3, 0.4) is 0 Å². The molecular formula is C19H20ClN5O. The summed E-state index contributed by atoms with van der Waals surface area (Å²) in [5.74, 6) is 0.636.